The van der Waals surface area contributed by atoms with Gasteiger partial charge in [-0.3, -0.25) is 4.98 Å². The topological polar surface area (TPSA) is 31.4 Å². The second kappa shape index (κ2) is 7.48. The van der Waals surface area contributed by atoms with Gasteiger partial charge in [-0.05, 0) is 44.8 Å². The molecule has 0 spiro atoms. The van der Waals surface area contributed by atoms with Crippen LogP contribution in [0, 0.1) is 0 Å². The number of aromatic nitrogens is 1. The SMILES string of the molecule is CCCN1CCCC(Nc2cnccc2N(C)C)CC1. The monoisotopic (exact) mass is 276 g/mol. The smallest absolute Gasteiger partial charge is 0.0766 e. The standard InChI is InChI=1S/C16H28N4/c1-4-10-20-11-5-6-14(8-12-20)18-15-13-17-9-7-16(15)19(2)3/h7,9,13-14,18H,4-6,8,10-12H2,1-3H3. The molecule has 20 heavy (non-hydrogen) atoms. The van der Waals surface area contributed by atoms with Crippen molar-refractivity contribution in [3.05, 3.63) is 18.5 Å². The van der Waals surface area contributed by atoms with Gasteiger partial charge < -0.3 is 15.1 Å². The first kappa shape index (κ1) is 15.1. The summed E-state index contributed by atoms with van der Waals surface area (Å²) in [7, 11) is 4.16. The molecular formula is C16H28N4. The third-order valence-electron chi connectivity index (χ3n) is 4.00. The van der Waals surface area contributed by atoms with E-state index in [4.69, 9.17) is 0 Å². The molecule has 0 aromatic carbocycles. The maximum atomic E-state index is 4.26. The van der Waals surface area contributed by atoms with Gasteiger partial charge >= 0.3 is 0 Å². The molecule has 4 heteroatoms. The lowest BCUT2D eigenvalue weighted by Crippen LogP contribution is -2.27. The molecule has 1 atom stereocenters. The van der Waals surface area contributed by atoms with Crippen LogP contribution in [0.25, 0.3) is 0 Å². The van der Waals surface area contributed by atoms with Crippen molar-refractivity contribution in [1.82, 2.24) is 9.88 Å². The molecule has 0 bridgehead atoms. The quantitative estimate of drug-likeness (QED) is 0.896. The molecule has 1 aromatic rings. The Morgan fingerprint density at radius 2 is 2.20 bits per heavy atom. The van der Waals surface area contributed by atoms with Gasteiger partial charge in [0.1, 0.15) is 0 Å². The predicted octanol–water partition coefficient (Wildman–Crippen LogP) is 2.82. The van der Waals surface area contributed by atoms with E-state index in [9.17, 15) is 0 Å². The van der Waals surface area contributed by atoms with Crippen LogP contribution in [0.5, 0.6) is 0 Å². The second-order valence-electron chi connectivity index (χ2n) is 5.90. The summed E-state index contributed by atoms with van der Waals surface area (Å²) in [5, 5.41) is 3.70. The maximum Gasteiger partial charge on any atom is 0.0766 e. The fourth-order valence-corrected chi connectivity index (χ4v) is 2.95. The van der Waals surface area contributed by atoms with E-state index in [0.717, 1.165) is 5.69 Å². The van der Waals surface area contributed by atoms with Crippen LogP contribution in [0.1, 0.15) is 32.6 Å². The average Bonchev–Trinajstić information content (AvgIpc) is 2.65. The van der Waals surface area contributed by atoms with Gasteiger partial charge in [-0.1, -0.05) is 6.92 Å². The Hall–Kier alpha value is -1.29. The molecule has 1 N–H and O–H groups in total. The van der Waals surface area contributed by atoms with Gasteiger partial charge in [0, 0.05) is 32.9 Å². The summed E-state index contributed by atoms with van der Waals surface area (Å²) in [6, 6.07) is 2.64. The summed E-state index contributed by atoms with van der Waals surface area (Å²) in [4.78, 5) is 9.00. The Morgan fingerprint density at radius 3 is 2.95 bits per heavy atom. The van der Waals surface area contributed by atoms with Crippen molar-refractivity contribution < 1.29 is 0 Å². The lowest BCUT2D eigenvalue weighted by atomic mass is 10.1. The lowest BCUT2D eigenvalue weighted by Gasteiger charge is -2.23. The number of hydrogen-bond acceptors (Lipinski definition) is 4. The minimum absolute atomic E-state index is 0.569. The van der Waals surface area contributed by atoms with Gasteiger partial charge in [0.25, 0.3) is 0 Å². The summed E-state index contributed by atoms with van der Waals surface area (Å²) in [5.41, 5.74) is 2.38. The molecule has 0 aliphatic carbocycles. The van der Waals surface area contributed by atoms with Crippen LogP contribution < -0.4 is 10.2 Å². The highest BCUT2D eigenvalue weighted by molar-refractivity contribution is 5.68. The van der Waals surface area contributed by atoms with Gasteiger partial charge in [-0.2, -0.15) is 0 Å². The zero-order valence-electron chi connectivity index (χ0n) is 13.1. The molecule has 0 amide bonds. The van der Waals surface area contributed by atoms with Crippen LogP contribution in [0.3, 0.4) is 0 Å². The van der Waals surface area contributed by atoms with Gasteiger partial charge in [0.05, 0.1) is 17.6 Å². The fraction of sp³-hybridized carbons (Fsp3) is 0.688. The van der Waals surface area contributed by atoms with Crippen molar-refractivity contribution in [2.75, 3.05) is 43.9 Å². The summed E-state index contributed by atoms with van der Waals surface area (Å²) >= 11 is 0. The Balaban J connectivity index is 1.96. The van der Waals surface area contributed by atoms with Crippen molar-refractivity contribution in [3.8, 4) is 0 Å². The van der Waals surface area contributed by atoms with Gasteiger partial charge in [-0.15, -0.1) is 0 Å². The Morgan fingerprint density at radius 1 is 1.35 bits per heavy atom. The van der Waals surface area contributed by atoms with Crippen molar-refractivity contribution in [2.45, 2.75) is 38.6 Å². The second-order valence-corrected chi connectivity index (χ2v) is 5.90. The maximum absolute atomic E-state index is 4.26. The Labute approximate surface area is 123 Å². The molecule has 112 valence electrons. The zero-order chi connectivity index (χ0) is 14.4. The third kappa shape index (κ3) is 4.10. The lowest BCUT2D eigenvalue weighted by molar-refractivity contribution is 0.285. The number of pyridine rings is 1. The molecule has 1 aliphatic heterocycles. The van der Waals surface area contributed by atoms with Crippen LogP contribution in [0.4, 0.5) is 11.4 Å². The minimum Gasteiger partial charge on any atom is -0.379 e. The molecular weight excluding hydrogens is 248 g/mol. The van der Waals surface area contributed by atoms with Crippen molar-refractivity contribution in [3.63, 3.8) is 0 Å². The average molecular weight is 276 g/mol. The van der Waals surface area contributed by atoms with E-state index in [1.165, 1.54) is 51.0 Å². The number of rotatable bonds is 5. The first-order valence-electron chi connectivity index (χ1n) is 7.81. The van der Waals surface area contributed by atoms with E-state index in [1.807, 2.05) is 12.4 Å². The van der Waals surface area contributed by atoms with E-state index in [1.54, 1.807) is 0 Å². The molecule has 0 saturated carbocycles. The van der Waals surface area contributed by atoms with Crippen LogP contribution in [-0.2, 0) is 0 Å². The minimum atomic E-state index is 0.569. The Kier molecular flexibility index (Phi) is 5.65. The van der Waals surface area contributed by atoms with E-state index < -0.39 is 0 Å². The van der Waals surface area contributed by atoms with Gasteiger partial charge in [-0.25, -0.2) is 0 Å². The van der Waals surface area contributed by atoms with E-state index >= 15 is 0 Å². The first-order chi connectivity index (χ1) is 9.70. The number of anilines is 2. The molecule has 4 nitrogen and oxygen atoms in total. The van der Waals surface area contributed by atoms with Crippen LogP contribution >= 0.6 is 0 Å². The number of nitrogens with zero attached hydrogens (tertiary/aromatic N) is 3. The molecule has 0 radical (unpaired) electrons. The van der Waals surface area contributed by atoms with Crippen LogP contribution in [0.15, 0.2) is 18.5 Å². The molecule has 1 saturated heterocycles. The van der Waals surface area contributed by atoms with E-state index in [2.05, 4.69) is 47.2 Å². The number of nitrogens with one attached hydrogen (secondary N) is 1. The van der Waals surface area contributed by atoms with E-state index in [-0.39, 0.29) is 0 Å². The highest BCUT2D eigenvalue weighted by Gasteiger charge is 2.17. The fourth-order valence-electron chi connectivity index (χ4n) is 2.95. The van der Waals surface area contributed by atoms with Crippen LogP contribution in [-0.4, -0.2) is 49.7 Å². The molecule has 1 fully saturated rings. The van der Waals surface area contributed by atoms with Crippen LogP contribution in [0.2, 0.25) is 0 Å². The summed E-state index contributed by atoms with van der Waals surface area (Å²) in [5.74, 6) is 0. The highest BCUT2D eigenvalue weighted by atomic mass is 15.1. The molecule has 2 heterocycles. The Bertz CT molecular complexity index is 405. The number of hydrogen-bond donors (Lipinski definition) is 1. The third-order valence-corrected chi connectivity index (χ3v) is 4.00. The molecule has 1 unspecified atom stereocenters. The van der Waals surface area contributed by atoms with Gasteiger partial charge in [0.2, 0.25) is 0 Å². The highest BCUT2D eigenvalue weighted by Crippen LogP contribution is 2.25. The van der Waals surface area contributed by atoms with Crippen molar-refractivity contribution in [1.29, 1.82) is 0 Å². The largest absolute Gasteiger partial charge is 0.379 e. The zero-order valence-corrected chi connectivity index (χ0v) is 13.1. The van der Waals surface area contributed by atoms with E-state index in [0.29, 0.717) is 6.04 Å². The first-order valence-corrected chi connectivity index (χ1v) is 7.81. The molecule has 2 rings (SSSR count). The van der Waals surface area contributed by atoms with Gasteiger partial charge in [0.15, 0.2) is 0 Å². The van der Waals surface area contributed by atoms with Crippen molar-refractivity contribution in [2.24, 2.45) is 0 Å². The summed E-state index contributed by atoms with van der Waals surface area (Å²) in [6.45, 7) is 5.96. The number of likely N-dealkylation sites (tertiary alicyclic amines) is 1. The summed E-state index contributed by atoms with van der Waals surface area (Å²) < 4.78 is 0. The predicted molar refractivity (Wildman–Crippen MR) is 86.6 cm³/mol. The summed E-state index contributed by atoms with van der Waals surface area (Å²) in [6.07, 6.45) is 8.82. The normalized spacial score (nSPS) is 20.4. The molecule has 1 aliphatic rings. The van der Waals surface area contributed by atoms with Crippen molar-refractivity contribution >= 4 is 11.4 Å². The molecule has 1 aromatic heterocycles.